The lowest BCUT2D eigenvalue weighted by molar-refractivity contribution is -0.127. The van der Waals surface area contributed by atoms with Crippen molar-refractivity contribution in [1.82, 2.24) is 15.0 Å². The molecule has 1 aliphatic rings. The number of aryl methyl sites for hydroxylation is 1. The fourth-order valence-corrected chi connectivity index (χ4v) is 3.09. The number of likely N-dealkylation sites (tertiary alicyclic amines) is 1. The number of aromatic nitrogens is 2. The number of nitrogens with zero attached hydrogens (tertiary/aromatic N) is 3. The van der Waals surface area contributed by atoms with Crippen LogP contribution in [0.2, 0.25) is 0 Å². The Kier molecular flexibility index (Phi) is 5.55. The normalized spacial score (nSPS) is 17.5. The average molecular weight is 357 g/mol. The molecule has 2 heterocycles. The van der Waals surface area contributed by atoms with Crippen molar-refractivity contribution in [2.75, 3.05) is 27.3 Å². The molecule has 138 valence electrons. The zero-order valence-corrected chi connectivity index (χ0v) is 15.3. The smallest absolute Gasteiger partial charge is 0.246 e. The summed E-state index contributed by atoms with van der Waals surface area (Å²) < 4.78 is 15.8. The largest absolute Gasteiger partial charge is 0.497 e. The molecule has 1 aliphatic heterocycles. The van der Waals surface area contributed by atoms with E-state index in [0.29, 0.717) is 29.8 Å². The molecule has 1 aromatic heterocycles. The van der Waals surface area contributed by atoms with Crippen LogP contribution in [-0.4, -0.2) is 48.3 Å². The van der Waals surface area contributed by atoms with Crippen LogP contribution < -0.4 is 9.47 Å². The predicted octanol–water partition coefficient (Wildman–Crippen LogP) is 2.81. The van der Waals surface area contributed by atoms with Gasteiger partial charge in [-0.1, -0.05) is 5.16 Å². The van der Waals surface area contributed by atoms with Crippen LogP contribution in [0, 0.1) is 6.92 Å². The van der Waals surface area contributed by atoms with Gasteiger partial charge < -0.3 is 18.9 Å². The van der Waals surface area contributed by atoms with Crippen molar-refractivity contribution in [1.29, 1.82) is 0 Å². The van der Waals surface area contributed by atoms with Gasteiger partial charge in [0.2, 0.25) is 11.8 Å². The van der Waals surface area contributed by atoms with Crippen LogP contribution in [-0.2, 0) is 4.79 Å². The van der Waals surface area contributed by atoms with Gasteiger partial charge in [0, 0.05) is 24.7 Å². The molecule has 0 saturated carbocycles. The highest BCUT2D eigenvalue weighted by atomic mass is 16.5. The minimum absolute atomic E-state index is 0.0455. The molecule has 7 heteroatoms. The molecule has 1 atom stereocenters. The number of hydrogen-bond acceptors (Lipinski definition) is 6. The van der Waals surface area contributed by atoms with Gasteiger partial charge in [0.05, 0.1) is 20.1 Å². The van der Waals surface area contributed by atoms with Crippen LogP contribution >= 0.6 is 0 Å². The number of methoxy groups -OCH3 is 2. The first-order valence-electron chi connectivity index (χ1n) is 8.60. The van der Waals surface area contributed by atoms with Crippen LogP contribution in [0.3, 0.4) is 0 Å². The van der Waals surface area contributed by atoms with Crippen molar-refractivity contribution in [2.45, 2.75) is 25.7 Å². The lowest BCUT2D eigenvalue weighted by Gasteiger charge is -2.30. The van der Waals surface area contributed by atoms with E-state index < -0.39 is 0 Å². The number of carbonyl (C=O) groups is 1. The molecule has 3 rings (SSSR count). The molecule has 0 aliphatic carbocycles. The standard InChI is InChI=1S/C19H23N3O4/c1-13-20-19(26-21-13)15-5-4-10-22(12-15)18(23)9-6-14-11-16(24-2)7-8-17(14)25-3/h6-9,11,15H,4-5,10,12H2,1-3H3/b9-6+. The van der Waals surface area contributed by atoms with E-state index in [4.69, 9.17) is 14.0 Å². The van der Waals surface area contributed by atoms with Gasteiger partial charge in [0.15, 0.2) is 5.82 Å². The minimum atomic E-state index is -0.0455. The summed E-state index contributed by atoms with van der Waals surface area (Å²) in [5.74, 6) is 2.67. The summed E-state index contributed by atoms with van der Waals surface area (Å²) in [7, 11) is 3.20. The van der Waals surface area contributed by atoms with Crippen LogP contribution in [0.1, 0.15) is 36.0 Å². The van der Waals surface area contributed by atoms with Crippen molar-refractivity contribution in [3.05, 3.63) is 41.6 Å². The predicted molar refractivity (Wildman–Crippen MR) is 96.2 cm³/mol. The highest BCUT2D eigenvalue weighted by Gasteiger charge is 2.27. The minimum Gasteiger partial charge on any atom is -0.497 e. The second-order valence-corrected chi connectivity index (χ2v) is 6.24. The Morgan fingerprint density at radius 1 is 1.35 bits per heavy atom. The SMILES string of the molecule is COc1ccc(OC)c(/C=C/C(=O)N2CCCC(c3nc(C)no3)C2)c1. The number of rotatable bonds is 5. The summed E-state index contributed by atoms with van der Waals surface area (Å²) >= 11 is 0. The number of hydrogen-bond donors (Lipinski definition) is 0. The molecule has 0 radical (unpaired) electrons. The van der Waals surface area contributed by atoms with Crippen LogP contribution in [0.25, 0.3) is 6.08 Å². The molecule has 26 heavy (non-hydrogen) atoms. The number of ether oxygens (including phenoxy) is 2. The summed E-state index contributed by atoms with van der Waals surface area (Å²) in [6, 6.07) is 5.47. The van der Waals surface area contributed by atoms with E-state index in [0.717, 1.165) is 24.9 Å². The van der Waals surface area contributed by atoms with Gasteiger partial charge in [-0.15, -0.1) is 0 Å². The van der Waals surface area contributed by atoms with E-state index in [1.165, 1.54) is 0 Å². The third kappa shape index (κ3) is 4.04. The summed E-state index contributed by atoms with van der Waals surface area (Å²) in [6.45, 7) is 3.10. The van der Waals surface area contributed by atoms with Crippen molar-refractivity contribution in [3.8, 4) is 11.5 Å². The molecule has 0 bridgehead atoms. The molecular formula is C19H23N3O4. The van der Waals surface area contributed by atoms with Crippen molar-refractivity contribution in [3.63, 3.8) is 0 Å². The number of carbonyl (C=O) groups excluding carboxylic acids is 1. The molecule has 7 nitrogen and oxygen atoms in total. The maximum absolute atomic E-state index is 12.6. The Balaban J connectivity index is 1.70. The Hall–Kier alpha value is -2.83. The fraction of sp³-hybridized carbons (Fsp3) is 0.421. The quantitative estimate of drug-likeness (QED) is 0.766. The Bertz CT molecular complexity index is 800. The first-order chi connectivity index (χ1) is 12.6. The Labute approximate surface area is 152 Å². The van der Waals surface area contributed by atoms with Crippen LogP contribution in [0.15, 0.2) is 28.8 Å². The van der Waals surface area contributed by atoms with E-state index in [-0.39, 0.29) is 11.8 Å². The zero-order valence-electron chi connectivity index (χ0n) is 15.3. The fourth-order valence-electron chi connectivity index (χ4n) is 3.09. The Morgan fingerprint density at radius 2 is 2.19 bits per heavy atom. The lowest BCUT2D eigenvalue weighted by atomic mass is 9.98. The van der Waals surface area contributed by atoms with Gasteiger partial charge in [-0.2, -0.15) is 4.98 Å². The van der Waals surface area contributed by atoms with E-state index in [9.17, 15) is 4.79 Å². The first-order valence-corrected chi connectivity index (χ1v) is 8.60. The summed E-state index contributed by atoms with van der Waals surface area (Å²) in [6.07, 6.45) is 5.18. The highest BCUT2D eigenvalue weighted by Crippen LogP contribution is 2.27. The zero-order chi connectivity index (χ0) is 18.5. The van der Waals surface area contributed by atoms with Gasteiger partial charge in [-0.3, -0.25) is 4.79 Å². The molecule has 0 spiro atoms. The summed E-state index contributed by atoms with van der Waals surface area (Å²) in [4.78, 5) is 18.7. The van der Waals surface area contributed by atoms with Crippen LogP contribution in [0.5, 0.6) is 11.5 Å². The topological polar surface area (TPSA) is 77.7 Å². The summed E-state index contributed by atoms with van der Waals surface area (Å²) in [5.41, 5.74) is 0.793. The average Bonchev–Trinajstić information content (AvgIpc) is 3.12. The van der Waals surface area contributed by atoms with Gasteiger partial charge >= 0.3 is 0 Å². The lowest BCUT2D eigenvalue weighted by Crippen LogP contribution is -2.38. The van der Waals surface area contributed by atoms with E-state index in [1.807, 2.05) is 23.1 Å². The monoisotopic (exact) mass is 357 g/mol. The molecule has 1 unspecified atom stereocenters. The van der Waals surface area contributed by atoms with E-state index >= 15 is 0 Å². The van der Waals surface area contributed by atoms with Gasteiger partial charge in [-0.05, 0) is 44.0 Å². The molecule has 1 saturated heterocycles. The molecule has 1 aromatic carbocycles. The Morgan fingerprint density at radius 3 is 2.88 bits per heavy atom. The molecule has 2 aromatic rings. The third-order valence-electron chi connectivity index (χ3n) is 4.47. The highest BCUT2D eigenvalue weighted by molar-refractivity contribution is 5.92. The molecule has 1 fully saturated rings. The maximum Gasteiger partial charge on any atom is 0.246 e. The van der Waals surface area contributed by atoms with Crippen molar-refractivity contribution in [2.24, 2.45) is 0 Å². The number of amides is 1. The number of piperidine rings is 1. The number of benzene rings is 1. The van der Waals surface area contributed by atoms with Crippen molar-refractivity contribution < 1.29 is 18.8 Å². The van der Waals surface area contributed by atoms with Gasteiger partial charge in [0.1, 0.15) is 11.5 Å². The second kappa shape index (κ2) is 8.03. The molecule has 0 N–H and O–H groups in total. The van der Waals surface area contributed by atoms with Gasteiger partial charge in [0.25, 0.3) is 0 Å². The third-order valence-corrected chi connectivity index (χ3v) is 4.47. The van der Waals surface area contributed by atoms with Crippen LogP contribution in [0.4, 0.5) is 0 Å². The maximum atomic E-state index is 12.6. The van der Waals surface area contributed by atoms with Gasteiger partial charge in [-0.25, -0.2) is 0 Å². The van der Waals surface area contributed by atoms with E-state index in [1.54, 1.807) is 33.3 Å². The summed E-state index contributed by atoms with van der Waals surface area (Å²) in [5, 5.41) is 3.84. The molecule has 1 amide bonds. The van der Waals surface area contributed by atoms with E-state index in [2.05, 4.69) is 10.1 Å². The molecular weight excluding hydrogens is 334 g/mol. The van der Waals surface area contributed by atoms with Crippen molar-refractivity contribution >= 4 is 12.0 Å². The second-order valence-electron chi connectivity index (χ2n) is 6.24. The first kappa shape index (κ1) is 18.0.